The van der Waals surface area contributed by atoms with Gasteiger partial charge in [0.05, 0.1) is 19.3 Å². The molecule has 1 N–H and O–H groups in total. The van der Waals surface area contributed by atoms with Gasteiger partial charge >= 0.3 is 0 Å². The first kappa shape index (κ1) is 14.6. The summed E-state index contributed by atoms with van der Waals surface area (Å²) >= 11 is 0. The first-order valence-corrected chi connectivity index (χ1v) is 7.72. The van der Waals surface area contributed by atoms with Crippen molar-refractivity contribution in [2.24, 2.45) is 0 Å². The number of rotatable bonds is 5. The Morgan fingerprint density at radius 1 is 1.29 bits per heavy atom. The average molecular weight is 288 g/mol. The highest BCUT2D eigenvalue weighted by atomic mass is 16.5. The van der Waals surface area contributed by atoms with E-state index in [2.05, 4.69) is 29.4 Å². The molecule has 0 spiro atoms. The molecule has 0 radical (unpaired) electrons. The van der Waals surface area contributed by atoms with E-state index in [0.717, 1.165) is 43.8 Å². The van der Waals surface area contributed by atoms with Crippen LogP contribution in [0.5, 0.6) is 0 Å². The number of hydrogen-bond donors (Lipinski definition) is 1. The highest BCUT2D eigenvalue weighted by Gasteiger charge is 2.19. The van der Waals surface area contributed by atoms with Gasteiger partial charge in [0, 0.05) is 24.0 Å². The van der Waals surface area contributed by atoms with Crippen LogP contribution in [0, 0.1) is 0 Å². The molecule has 21 heavy (non-hydrogen) atoms. The fourth-order valence-corrected chi connectivity index (χ4v) is 2.96. The van der Waals surface area contributed by atoms with E-state index in [1.807, 2.05) is 19.2 Å². The van der Waals surface area contributed by atoms with Gasteiger partial charge < -0.3 is 19.4 Å². The van der Waals surface area contributed by atoms with E-state index in [1.54, 1.807) is 0 Å². The molecule has 1 aromatic carbocycles. The number of benzene rings is 1. The predicted molar refractivity (Wildman–Crippen MR) is 84.3 cm³/mol. The highest BCUT2D eigenvalue weighted by Crippen LogP contribution is 2.27. The molecule has 1 saturated heterocycles. The van der Waals surface area contributed by atoms with Gasteiger partial charge in [-0.25, -0.2) is 0 Å². The fraction of sp³-hybridized carbons (Fsp3) is 0.529. The largest absolute Gasteiger partial charge is 0.459 e. The van der Waals surface area contributed by atoms with Gasteiger partial charge in [0.25, 0.3) is 0 Å². The van der Waals surface area contributed by atoms with Crippen LogP contribution in [0.3, 0.4) is 0 Å². The van der Waals surface area contributed by atoms with Gasteiger partial charge in [-0.05, 0) is 33.0 Å². The zero-order chi connectivity index (χ0) is 14.7. The molecule has 1 aliphatic heterocycles. The summed E-state index contributed by atoms with van der Waals surface area (Å²) in [5.41, 5.74) is 2.14. The SMILES string of the molecule is CNCc1oc2ccccc2c1COC1CCN(C)CC1. The van der Waals surface area contributed by atoms with Crippen molar-refractivity contribution in [3.8, 4) is 0 Å². The smallest absolute Gasteiger partial charge is 0.134 e. The second-order valence-corrected chi connectivity index (χ2v) is 5.84. The zero-order valence-electron chi connectivity index (χ0n) is 12.9. The van der Waals surface area contributed by atoms with Crippen LogP contribution < -0.4 is 5.32 Å². The Labute approximate surface area is 126 Å². The number of para-hydroxylation sites is 1. The van der Waals surface area contributed by atoms with Crippen LogP contribution in [0.2, 0.25) is 0 Å². The van der Waals surface area contributed by atoms with Crippen LogP contribution >= 0.6 is 0 Å². The van der Waals surface area contributed by atoms with E-state index in [0.29, 0.717) is 12.7 Å². The minimum atomic E-state index is 0.372. The average Bonchev–Trinajstić information content (AvgIpc) is 2.85. The maximum atomic E-state index is 6.16. The summed E-state index contributed by atoms with van der Waals surface area (Å²) in [7, 11) is 4.11. The number of hydrogen-bond acceptors (Lipinski definition) is 4. The van der Waals surface area contributed by atoms with Crippen molar-refractivity contribution in [2.75, 3.05) is 27.2 Å². The van der Waals surface area contributed by atoms with Crippen molar-refractivity contribution < 1.29 is 9.15 Å². The Morgan fingerprint density at radius 3 is 2.81 bits per heavy atom. The number of piperidine rings is 1. The van der Waals surface area contributed by atoms with Crippen LogP contribution in [-0.4, -0.2) is 38.2 Å². The minimum Gasteiger partial charge on any atom is -0.459 e. The van der Waals surface area contributed by atoms with Gasteiger partial charge in [-0.2, -0.15) is 0 Å². The molecule has 0 saturated carbocycles. The molecule has 3 rings (SSSR count). The minimum absolute atomic E-state index is 0.372. The predicted octanol–water partition coefficient (Wildman–Crippen LogP) is 2.76. The maximum absolute atomic E-state index is 6.16. The molecule has 1 aliphatic rings. The molecular formula is C17H24N2O2. The summed E-state index contributed by atoms with van der Waals surface area (Å²) in [6.07, 6.45) is 2.61. The van der Waals surface area contributed by atoms with E-state index in [9.17, 15) is 0 Å². The standard InChI is InChI=1S/C17H24N2O2/c1-18-11-17-15(14-5-3-4-6-16(14)21-17)12-20-13-7-9-19(2)10-8-13/h3-6,13,18H,7-12H2,1-2H3. The molecule has 114 valence electrons. The monoisotopic (exact) mass is 288 g/mol. The Hall–Kier alpha value is -1.36. The number of nitrogens with one attached hydrogen (secondary N) is 1. The van der Waals surface area contributed by atoms with Gasteiger partial charge in [0.2, 0.25) is 0 Å². The van der Waals surface area contributed by atoms with Gasteiger partial charge in [-0.1, -0.05) is 18.2 Å². The summed E-state index contributed by atoms with van der Waals surface area (Å²) in [6, 6.07) is 8.20. The van der Waals surface area contributed by atoms with Crippen molar-refractivity contribution in [3.63, 3.8) is 0 Å². The Balaban J connectivity index is 1.74. The van der Waals surface area contributed by atoms with Gasteiger partial charge in [0.1, 0.15) is 11.3 Å². The van der Waals surface area contributed by atoms with E-state index >= 15 is 0 Å². The highest BCUT2D eigenvalue weighted by molar-refractivity contribution is 5.82. The molecule has 1 fully saturated rings. The topological polar surface area (TPSA) is 37.6 Å². The lowest BCUT2D eigenvalue weighted by molar-refractivity contribution is 0.00198. The Morgan fingerprint density at radius 2 is 2.05 bits per heavy atom. The summed E-state index contributed by atoms with van der Waals surface area (Å²) in [5.74, 6) is 0.992. The first-order valence-electron chi connectivity index (χ1n) is 7.72. The molecule has 0 atom stereocenters. The maximum Gasteiger partial charge on any atom is 0.134 e. The van der Waals surface area contributed by atoms with E-state index < -0.39 is 0 Å². The normalized spacial score (nSPS) is 17.6. The molecule has 2 aromatic rings. The molecule has 4 nitrogen and oxygen atoms in total. The van der Waals surface area contributed by atoms with Crippen LogP contribution in [0.15, 0.2) is 28.7 Å². The lowest BCUT2D eigenvalue weighted by Crippen LogP contribution is -2.34. The summed E-state index contributed by atoms with van der Waals surface area (Å²) in [6.45, 7) is 3.63. The number of fused-ring (bicyclic) bond motifs is 1. The third-order valence-electron chi connectivity index (χ3n) is 4.25. The number of likely N-dealkylation sites (tertiary alicyclic amines) is 1. The third kappa shape index (κ3) is 3.28. The summed E-state index contributed by atoms with van der Waals surface area (Å²) < 4.78 is 12.1. The van der Waals surface area contributed by atoms with Crippen LogP contribution in [-0.2, 0) is 17.9 Å². The van der Waals surface area contributed by atoms with Crippen LogP contribution in [0.25, 0.3) is 11.0 Å². The molecule has 0 amide bonds. The lowest BCUT2D eigenvalue weighted by atomic mass is 10.1. The van der Waals surface area contributed by atoms with Crippen molar-refractivity contribution in [1.82, 2.24) is 10.2 Å². The number of furan rings is 1. The molecule has 1 aromatic heterocycles. The van der Waals surface area contributed by atoms with E-state index in [1.165, 1.54) is 10.9 Å². The second-order valence-electron chi connectivity index (χ2n) is 5.84. The molecular weight excluding hydrogens is 264 g/mol. The number of ether oxygens (including phenoxy) is 1. The molecule has 0 aliphatic carbocycles. The van der Waals surface area contributed by atoms with E-state index in [4.69, 9.17) is 9.15 Å². The van der Waals surface area contributed by atoms with Crippen molar-refractivity contribution in [3.05, 3.63) is 35.6 Å². The Bertz CT molecular complexity index is 585. The van der Waals surface area contributed by atoms with E-state index in [-0.39, 0.29) is 0 Å². The molecule has 2 heterocycles. The van der Waals surface area contributed by atoms with Gasteiger partial charge in [-0.3, -0.25) is 0 Å². The Kier molecular flexibility index (Phi) is 4.58. The van der Waals surface area contributed by atoms with Crippen molar-refractivity contribution in [2.45, 2.75) is 32.1 Å². The molecule has 0 unspecified atom stereocenters. The zero-order valence-corrected chi connectivity index (χ0v) is 12.9. The first-order chi connectivity index (χ1) is 10.3. The second kappa shape index (κ2) is 6.60. The van der Waals surface area contributed by atoms with Gasteiger partial charge in [-0.15, -0.1) is 0 Å². The molecule has 4 heteroatoms. The summed E-state index contributed by atoms with van der Waals surface area (Å²) in [5, 5.41) is 4.35. The van der Waals surface area contributed by atoms with Crippen LogP contribution in [0.1, 0.15) is 24.2 Å². The molecule has 0 bridgehead atoms. The fourth-order valence-electron chi connectivity index (χ4n) is 2.96. The third-order valence-corrected chi connectivity index (χ3v) is 4.25. The summed E-state index contributed by atoms with van der Waals surface area (Å²) in [4.78, 5) is 2.36. The number of nitrogens with zero attached hydrogens (tertiary/aromatic N) is 1. The quantitative estimate of drug-likeness (QED) is 0.918. The van der Waals surface area contributed by atoms with Gasteiger partial charge in [0.15, 0.2) is 0 Å². The van der Waals surface area contributed by atoms with Crippen molar-refractivity contribution >= 4 is 11.0 Å². The van der Waals surface area contributed by atoms with Crippen molar-refractivity contribution in [1.29, 1.82) is 0 Å². The lowest BCUT2D eigenvalue weighted by Gasteiger charge is -2.28. The van der Waals surface area contributed by atoms with Crippen LogP contribution in [0.4, 0.5) is 0 Å².